The number of cyclic esters (lactones) is 1. The van der Waals surface area contributed by atoms with Crippen LogP contribution in [0.25, 0.3) is 0 Å². The molecule has 0 bridgehead atoms. The maximum Gasteiger partial charge on any atom is 0.430 e. The monoisotopic (exact) mass is 435 g/mol. The molecule has 1 aromatic carbocycles. The molecule has 31 heavy (non-hydrogen) atoms. The van der Waals surface area contributed by atoms with Gasteiger partial charge in [0.15, 0.2) is 6.04 Å². The normalized spacial score (nSPS) is 15.0. The maximum atomic E-state index is 13.3. The van der Waals surface area contributed by atoms with Crippen molar-refractivity contribution in [1.82, 2.24) is 15.3 Å². The first-order chi connectivity index (χ1) is 14.3. The van der Waals surface area contributed by atoms with Crippen molar-refractivity contribution >= 4 is 24.2 Å². The van der Waals surface area contributed by atoms with Gasteiger partial charge in [-0.3, -0.25) is 4.79 Å². The first kappa shape index (κ1) is 24.0. The van der Waals surface area contributed by atoms with Gasteiger partial charge in [-0.1, -0.05) is 30.3 Å². The van der Waals surface area contributed by atoms with Crippen LogP contribution in [0.2, 0.25) is 0 Å². The van der Waals surface area contributed by atoms with Crippen LogP contribution in [0.3, 0.4) is 0 Å². The van der Waals surface area contributed by atoms with Gasteiger partial charge in [-0.2, -0.15) is 5.01 Å². The zero-order valence-electron chi connectivity index (χ0n) is 18.6. The standard InChI is InChI=1S/C21H29N3O7/c1-20(2,3)30-17(26)22-24(19(28)31-21(4,5)6)15(14-10-8-7-9-11-14)16(25)23-12-13-29-18(23)27/h7-11,15H,12-13H2,1-6H3,(H,22,26)/t15-/m0/s1. The SMILES string of the molecule is CC(C)(C)OC(=O)NN(C(=O)OC(C)(C)C)[C@H](C(=O)N1CCOC1=O)c1ccccc1. The molecular formula is C21H29N3O7. The van der Waals surface area contributed by atoms with Gasteiger partial charge < -0.3 is 14.2 Å². The van der Waals surface area contributed by atoms with Crippen LogP contribution >= 0.6 is 0 Å². The molecule has 0 saturated carbocycles. The average molecular weight is 435 g/mol. The molecule has 2 rings (SSSR count). The summed E-state index contributed by atoms with van der Waals surface area (Å²) in [6.07, 6.45) is -2.78. The third kappa shape index (κ3) is 6.87. The second kappa shape index (κ2) is 9.23. The van der Waals surface area contributed by atoms with Crippen LogP contribution in [0.15, 0.2) is 30.3 Å². The zero-order valence-corrected chi connectivity index (χ0v) is 18.6. The number of nitrogens with zero attached hydrogens (tertiary/aromatic N) is 2. The van der Waals surface area contributed by atoms with Crippen molar-refractivity contribution in [2.75, 3.05) is 13.2 Å². The van der Waals surface area contributed by atoms with Crippen molar-refractivity contribution in [3.05, 3.63) is 35.9 Å². The summed E-state index contributed by atoms with van der Waals surface area (Å²) in [5.41, 5.74) is 0.900. The van der Waals surface area contributed by atoms with Gasteiger partial charge in [0.25, 0.3) is 5.91 Å². The Morgan fingerprint density at radius 1 is 1.03 bits per heavy atom. The van der Waals surface area contributed by atoms with E-state index in [4.69, 9.17) is 14.2 Å². The number of hydrogen-bond acceptors (Lipinski definition) is 7. The van der Waals surface area contributed by atoms with Gasteiger partial charge in [0.1, 0.15) is 17.8 Å². The number of benzene rings is 1. The van der Waals surface area contributed by atoms with Crippen molar-refractivity contribution in [3.63, 3.8) is 0 Å². The second-order valence-corrected chi connectivity index (χ2v) is 8.88. The number of hydrogen-bond donors (Lipinski definition) is 1. The highest BCUT2D eigenvalue weighted by Gasteiger charge is 2.42. The van der Waals surface area contributed by atoms with Crippen LogP contribution in [0.1, 0.15) is 53.1 Å². The highest BCUT2D eigenvalue weighted by Crippen LogP contribution is 2.26. The van der Waals surface area contributed by atoms with E-state index in [2.05, 4.69) is 5.43 Å². The summed E-state index contributed by atoms with van der Waals surface area (Å²) >= 11 is 0. The van der Waals surface area contributed by atoms with E-state index in [0.717, 1.165) is 9.91 Å². The quantitative estimate of drug-likeness (QED) is 0.572. The van der Waals surface area contributed by atoms with Gasteiger partial charge >= 0.3 is 18.3 Å². The lowest BCUT2D eigenvalue weighted by atomic mass is 10.1. The summed E-state index contributed by atoms with van der Waals surface area (Å²) in [4.78, 5) is 51.7. The molecule has 1 atom stereocenters. The zero-order chi connectivity index (χ0) is 23.4. The van der Waals surface area contributed by atoms with Gasteiger partial charge in [-0.15, -0.1) is 0 Å². The van der Waals surface area contributed by atoms with Crippen molar-refractivity contribution in [2.45, 2.75) is 58.8 Å². The Labute approximate surface area is 181 Å². The van der Waals surface area contributed by atoms with Crippen LogP contribution in [0.5, 0.6) is 0 Å². The fourth-order valence-corrected chi connectivity index (χ4v) is 2.70. The molecule has 170 valence electrons. The highest BCUT2D eigenvalue weighted by atomic mass is 16.6. The minimum atomic E-state index is -1.39. The Balaban J connectivity index is 2.48. The highest BCUT2D eigenvalue weighted by molar-refractivity contribution is 5.98. The van der Waals surface area contributed by atoms with Crippen LogP contribution in [-0.4, -0.2) is 58.4 Å². The van der Waals surface area contributed by atoms with E-state index < -0.39 is 41.4 Å². The molecule has 0 aliphatic carbocycles. The predicted octanol–water partition coefficient (Wildman–Crippen LogP) is 3.38. The number of amides is 4. The van der Waals surface area contributed by atoms with Crippen LogP contribution in [0.4, 0.5) is 14.4 Å². The number of rotatable bonds is 3. The topological polar surface area (TPSA) is 114 Å². The van der Waals surface area contributed by atoms with E-state index in [9.17, 15) is 19.2 Å². The number of ether oxygens (including phenoxy) is 3. The molecule has 10 heteroatoms. The summed E-state index contributed by atoms with van der Waals surface area (Å²) in [6.45, 7) is 9.97. The summed E-state index contributed by atoms with van der Waals surface area (Å²) in [6, 6.07) is 6.86. The Morgan fingerprint density at radius 2 is 1.61 bits per heavy atom. The minimum absolute atomic E-state index is 0.0234. The van der Waals surface area contributed by atoms with Gasteiger partial charge in [0.2, 0.25) is 0 Å². The molecule has 0 unspecified atom stereocenters. The molecule has 1 aliphatic rings. The molecule has 1 aromatic rings. The summed E-state index contributed by atoms with van der Waals surface area (Å²) < 4.78 is 15.5. The number of carbonyl (C=O) groups is 4. The molecule has 0 radical (unpaired) electrons. The molecule has 0 aromatic heterocycles. The average Bonchev–Trinajstić information content (AvgIpc) is 3.05. The van der Waals surface area contributed by atoms with Crippen molar-refractivity contribution in [1.29, 1.82) is 0 Å². The third-order valence-corrected chi connectivity index (χ3v) is 3.84. The summed E-state index contributed by atoms with van der Waals surface area (Å²) in [5, 5.41) is 0.739. The molecule has 1 aliphatic heterocycles. The van der Waals surface area contributed by atoms with Gasteiger partial charge in [-0.25, -0.2) is 24.7 Å². The van der Waals surface area contributed by atoms with Gasteiger partial charge in [-0.05, 0) is 47.1 Å². The Kier molecular flexibility index (Phi) is 7.14. The first-order valence-corrected chi connectivity index (χ1v) is 9.83. The molecular weight excluding hydrogens is 406 g/mol. The van der Waals surface area contributed by atoms with E-state index in [0.29, 0.717) is 5.56 Å². The largest absolute Gasteiger partial charge is 0.447 e. The van der Waals surface area contributed by atoms with Crippen LogP contribution < -0.4 is 5.43 Å². The third-order valence-electron chi connectivity index (χ3n) is 3.84. The van der Waals surface area contributed by atoms with Crippen molar-refractivity contribution in [3.8, 4) is 0 Å². The number of carbonyl (C=O) groups excluding carboxylic acids is 4. The lowest BCUT2D eigenvalue weighted by Gasteiger charge is -2.34. The molecule has 1 saturated heterocycles. The van der Waals surface area contributed by atoms with E-state index in [1.54, 1.807) is 71.9 Å². The fourth-order valence-electron chi connectivity index (χ4n) is 2.70. The fraction of sp³-hybridized carbons (Fsp3) is 0.524. The van der Waals surface area contributed by atoms with E-state index in [1.165, 1.54) is 0 Å². The number of nitrogens with one attached hydrogen (secondary N) is 1. The minimum Gasteiger partial charge on any atom is -0.447 e. The van der Waals surface area contributed by atoms with Gasteiger partial charge in [0, 0.05) is 0 Å². The molecule has 0 spiro atoms. The Bertz CT molecular complexity index is 828. The van der Waals surface area contributed by atoms with Crippen LogP contribution in [0, 0.1) is 0 Å². The second-order valence-electron chi connectivity index (χ2n) is 8.88. The molecule has 4 amide bonds. The van der Waals surface area contributed by atoms with Crippen LogP contribution in [-0.2, 0) is 19.0 Å². The number of hydrazine groups is 1. The maximum absolute atomic E-state index is 13.3. The van der Waals surface area contributed by atoms with E-state index in [1.807, 2.05) is 0 Å². The molecule has 1 N–H and O–H groups in total. The Hall–Kier alpha value is -3.30. The molecule has 1 fully saturated rings. The lowest BCUT2D eigenvalue weighted by Crippen LogP contribution is -2.55. The van der Waals surface area contributed by atoms with E-state index in [-0.39, 0.29) is 13.2 Å². The smallest absolute Gasteiger partial charge is 0.430 e. The summed E-state index contributed by atoms with van der Waals surface area (Å²) in [5.74, 6) is -0.754. The molecule has 10 nitrogen and oxygen atoms in total. The Morgan fingerprint density at radius 3 is 2.10 bits per heavy atom. The lowest BCUT2D eigenvalue weighted by molar-refractivity contribution is -0.134. The first-order valence-electron chi connectivity index (χ1n) is 9.83. The van der Waals surface area contributed by atoms with Gasteiger partial charge in [0.05, 0.1) is 6.54 Å². The van der Waals surface area contributed by atoms with Crippen molar-refractivity contribution in [2.24, 2.45) is 0 Å². The van der Waals surface area contributed by atoms with Crippen molar-refractivity contribution < 1.29 is 33.4 Å². The molecule has 1 heterocycles. The number of imide groups is 1. The van der Waals surface area contributed by atoms with E-state index >= 15 is 0 Å². The predicted molar refractivity (Wildman–Crippen MR) is 110 cm³/mol. The summed E-state index contributed by atoms with van der Waals surface area (Å²) in [7, 11) is 0.